The first-order valence-electron chi connectivity index (χ1n) is 5.90. The topological polar surface area (TPSA) is 46.2 Å². The van der Waals surface area contributed by atoms with Crippen molar-refractivity contribution in [2.75, 3.05) is 0 Å². The minimum absolute atomic E-state index is 0.105. The summed E-state index contributed by atoms with van der Waals surface area (Å²) in [7, 11) is -3.68. The fraction of sp³-hybridized carbons (Fsp3) is 0.143. The molecule has 0 aliphatic heterocycles. The Hall–Kier alpha value is -1.07. The van der Waals surface area contributed by atoms with Gasteiger partial charge in [0.05, 0.1) is 5.02 Å². The largest absolute Gasteiger partial charge is 0.242 e. The van der Waals surface area contributed by atoms with Gasteiger partial charge >= 0.3 is 0 Å². The summed E-state index contributed by atoms with van der Waals surface area (Å²) in [6.45, 7) is 1.82. The zero-order valence-corrected chi connectivity index (χ0v) is 13.1. The van der Waals surface area contributed by atoms with E-state index in [1.807, 2.05) is 0 Å². The maximum atomic E-state index is 12.3. The third-order valence-corrected chi connectivity index (χ3v) is 5.24. The van der Waals surface area contributed by atoms with Gasteiger partial charge in [-0.15, -0.1) is 0 Å². The van der Waals surface area contributed by atoms with Crippen molar-refractivity contribution in [1.82, 2.24) is 4.72 Å². The van der Waals surface area contributed by atoms with Gasteiger partial charge in [0.15, 0.2) is 0 Å². The third-order valence-electron chi connectivity index (χ3n) is 2.84. The Balaban J connectivity index is 2.27. The van der Waals surface area contributed by atoms with Gasteiger partial charge in [0, 0.05) is 11.6 Å². The highest BCUT2D eigenvalue weighted by Gasteiger charge is 2.20. The van der Waals surface area contributed by atoms with Crippen molar-refractivity contribution < 1.29 is 8.42 Å². The van der Waals surface area contributed by atoms with E-state index in [9.17, 15) is 8.42 Å². The fourth-order valence-corrected chi connectivity index (χ4v) is 3.88. The van der Waals surface area contributed by atoms with Crippen molar-refractivity contribution in [2.45, 2.75) is 18.4 Å². The molecule has 20 heavy (non-hydrogen) atoms. The lowest BCUT2D eigenvalue weighted by molar-refractivity contribution is 0.581. The van der Waals surface area contributed by atoms with Crippen LogP contribution < -0.4 is 4.72 Å². The molecule has 0 fully saturated rings. The molecule has 6 heteroatoms. The first-order valence-corrected chi connectivity index (χ1v) is 8.14. The van der Waals surface area contributed by atoms with E-state index in [-0.39, 0.29) is 16.5 Å². The van der Waals surface area contributed by atoms with Crippen molar-refractivity contribution in [1.29, 1.82) is 0 Å². The number of hydrogen-bond acceptors (Lipinski definition) is 2. The van der Waals surface area contributed by atoms with Crippen LogP contribution in [-0.4, -0.2) is 8.42 Å². The fourth-order valence-electron chi connectivity index (χ4n) is 1.84. The SMILES string of the molecule is Cc1cccc(Cl)c1S(=O)(=O)NCc1ccccc1Cl. The summed E-state index contributed by atoms with van der Waals surface area (Å²) in [4.78, 5) is 0.105. The first-order chi connectivity index (χ1) is 9.42. The van der Waals surface area contributed by atoms with Crippen LogP contribution in [0.2, 0.25) is 10.0 Å². The molecule has 106 valence electrons. The second-order valence-electron chi connectivity index (χ2n) is 4.30. The van der Waals surface area contributed by atoms with Crippen LogP contribution in [0.25, 0.3) is 0 Å². The summed E-state index contributed by atoms with van der Waals surface area (Å²) < 4.78 is 27.2. The lowest BCUT2D eigenvalue weighted by Crippen LogP contribution is -2.24. The second-order valence-corrected chi connectivity index (χ2v) is 6.82. The average Bonchev–Trinajstić information content (AvgIpc) is 2.37. The standard InChI is InChI=1S/C14H13Cl2NO2S/c1-10-5-4-8-13(16)14(10)20(18,19)17-9-11-6-2-3-7-12(11)15/h2-8,17H,9H2,1H3. The van der Waals surface area contributed by atoms with Gasteiger partial charge in [-0.05, 0) is 30.2 Å². The smallest absolute Gasteiger partial charge is 0.207 e. The summed E-state index contributed by atoms with van der Waals surface area (Å²) in [5, 5.41) is 0.725. The molecular formula is C14H13Cl2NO2S. The van der Waals surface area contributed by atoms with Crippen LogP contribution in [0, 0.1) is 6.92 Å². The van der Waals surface area contributed by atoms with E-state index in [1.54, 1.807) is 49.4 Å². The van der Waals surface area contributed by atoms with Crippen molar-refractivity contribution in [2.24, 2.45) is 0 Å². The number of nitrogens with one attached hydrogen (secondary N) is 1. The zero-order valence-electron chi connectivity index (χ0n) is 10.7. The van der Waals surface area contributed by atoms with Gasteiger partial charge in [0.1, 0.15) is 4.90 Å². The van der Waals surface area contributed by atoms with Crippen LogP contribution in [0.15, 0.2) is 47.4 Å². The predicted octanol–water partition coefficient (Wildman–Crippen LogP) is 3.78. The van der Waals surface area contributed by atoms with Gasteiger partial charge in [-0.25, -0.2) is 13.1 Å². The number of hydrogen-bond donors (Lipinski definition) is 1. The van der Waals surface area contributed by atoms with Crippen LogP contribution in [0.5, 0.6) is 0 Å². The molecular weight excluding hydrogens is 317 g/mol. The van der Waals surface area contributed by atoms with Crippen LogP contribution in [0.1, 0.15) is 11.1 Å². The van der Waals surface area contributed by atoms with E-state index in [2.05, 4.69) is 4.72 Å². The molecule has 0 heterocycles. The number of benzene rings is 2. The number of sulfonamides is 1. The molecule has 0 spiro atoms. The maximum absolute atomic E-state index is 12.3. The average molecular weight is 330 g/mol. The molecule has 0 bridgehead atoms. The Morgan fingerprint density at radius 2 is 1.65 bits per heavy atom. The highest BCUT2D eigenvalue weighted by atomic mass is 35.5. The van der Waals surface area contributed by atoms with Gasteiger partial charge in [-0.2, -0.15) is 0 Å². The lowest BCUT2D eigenvalue weighted by atomic mass is 10.2. The molecule has 0 aliphatic carbocycles. The first kappa shape index (κ1) is 15.3. The van der Waals surface area contributed by atoms with E-state index in [1.165, 1.54) is 0 Å². The summed E-state index contributed by atoms with van der Waals surface area (Å²) in [5.74, 6) is 0. The normalized spacial score (nSPS) is 11.6. The second kappa shape index (κ2) is 6.14. The molecule has 3 nitrogen and oxygen atoms in total. The molecule has 2 rings (SSSR count). The number of aryl methyl sites for hydroxylation is 1. The molecule has 0 aromatic heterocycles. The molecule has 0 saturated carbocycles. The van der Waals surface area contributed by atoms with Crippen molar-refractivity contribution in [3.8, 4) is 0 Å². The van der Waals surface area contributed by atoms with E-state index in [0.717, 1.165) is 0 Å². The van der Waals surface area contributed by atoms with Gasteiger partial charge in [-0.3, -0.25) is 0 Å². The van der Waals surface area contributed by atoms with Crippen molar-refractivity contribution >= 4 is 33.2 Å². The van der Waals surface area contributed by atoms with Gasteiger partial charge in [-0.1, -0.05) is 53.5 Å². The molecule has 0 aliphatic rings. The monoisotopic (exact) mass is 329 g/mol. The zero-order chi connectivity index (χ0) is 14.8. The van der Waals surface area contributed by atoms with Crippen molar-refractivity contribution in [3.05, 3.63) is 63.6 Å². The summed E-state index contributed by atoms with van der Waals surface area (Å²) in [6, 6.07) is 12.0. The molecule has 0 atom stereocenters. The highest BCUT2D eigenvalue weighted by Crippen LogP contribution is 2.25. The van der Waals surface area contributed by atoms with Crippen molar-refractivity contribution in [3.63, 3.8) is 0 Å². The number of halogens is 2. The molecule has 2 aromatic carbocycles. The molecule has 0 unspecified atom stereocenters. The summed E-state index contributed by atoms with van der Waals surface area (Å²) >= 11 is 12.0. The highest BCUT2D eigenvalue weighted by molar-refractivity contribution is 7.89. The lowest BCUT2D eigenvalue weighted by Gasteiger charge is -2.11. The molecule has 0 radical (unpaired) electrons. The summed E-state index contributed by atoms with van der Waals surface area (Å²) in [6.07, 6.45) is 0. The van der Waals surface area contributed by atoms with Crippen LogP contribution >= 0.6 is 23.2 Å². The Labute approximate surface area is 128 Å². The minimum Gasteiger partial charge on any atom is -0.207 e. The Kier molecular flexibility index (Phi) is 4.70. The van der Waals surface area contributed by atoms with Crippen LogP contribution in [0.4, 0.5) is 0 Å². The molecule has 1 N–H and O–H groups in total. The van der Waals surface area contributed by atoms with E-state index in [4.69, 9.17) is 23.2 Å². The number of rotatable bonds is 4. The van der Waals surface area contributed by atoms with Gasteiger partial charge < -0.3 is 0 Å². The third kappa shape index (κ3) is 3.33. The van der Waals surface area contributed by atoms with Gasteiger partial charge in [0.25, 0.3) is 0 Å². The van der Waals surface area contributed by atoms with E-state index in [0.29, 0.717) is 16.1 Å². The van der Waals surface area contributed by atoms with E-state index >= 15 is 0 Å². The minimum atomic E-state index is -3.68. The van der Waals surface area contributed by atoms with Crippen LogP contribution in [0.3, 0.4) is 0 Å². The van der Waals surface area contributed by atoms with Gasteiger partial charge in [0.2, 0.25) is 10.0 Å². The van der Waals surface area contributed by atoms with Crippen LogP contribution in [-0.2, 0) is 16.6 Å². The predicted molar refractivity (Wildman–Crippen MR) is 81.7 cm³/mol. The summed E-state index contributed by atoms with van der Waals surface area (Å²) in [5.41, 5.74) is 1.31. The molecule has 2 aromatic rings. The Bertz CT molecular complexity index is 709. The Morgan fingerprint density at radius 3 is 2.30 bits per heavy atom. The molecule has 0 saturated heterocycles. The van der Waals surface area contributed by atoms with E-state index < -0.39 is 10.0 Å². The molecule has 0 amide bonds. The maximum Gasteiger partial charge on any atom is 0.242 e. The quantitative estimate of drug-likeness (QED) is 0.927. The Morgan fingerprint density at radius 1 is 1.00 bits per heavy atom.